The van der Waals surface area contributed by atoms with Crippen molar-refractivity contribution in [2.24, 2.45) is 11.1 Å². The van der Waals surface area contributed by atoms with Gasteiger partial charge in [0.25, 0.3) is 0 Å². The number of carbonyl (C=O) groups is 1. The molecular formula is C22H29N3O6S. The van der Waals surface area contributed by atoms with E-state index in [-0.39, 0.29) is 30.3 Å². The van der Waals surface area contributed by atoms with E-state index >= 15 is 0 Å². The van der Waals surface area contributed by atoms with E-state index in [4.69, 9.17) is 5.21 Å². The van der Waals surface area contributed by atoms with Gasteiger partial charge in [-0.2, -0.15) is 4.31 Å². The molecule has 2 aromatic carbocycles. The Morgan fingerprint density at radius 1 is 1.09 bits per heavy atom. The zero-order chi connectivity index (χ0) is 23.7. The van der Waals surface area contributed by atoms with Crippen molar-refractivity contribution < 1.29 is 28.6 Å². The third kappa shape index (κ3) is 7.33. The highest BCUT2D eigenvalue weighted by Crippen LogP contribution is 2.19. The van der Waals surface area contributed by atoms with Crippen molar-refractivity contribution in [1.29, 1.82) is 0 Å². The molecule has 0 saturated heterocycles. The van der Waals surface area contributed by atoms with Gasteiger partial charge in [0.05, 0.1) is 23.3 Å². The number of aliphatic hydroxyl groups is 1. The van der Waals surface area contributed by atoms with Crippen LogP contribution in [0.5, 0.6) is 0 Å². The first-order valence-corrected chi connectivity index (χ1v) is 11.6. The Bertz CT molecular complexity index is 994. The highest BCUT2D eigenvalue weighted by atomic mass is 32.2. The number of nitrogens with zero attached hydrogens (tertiary/aromatic N) is 2. The van der Waals surface area contributed by atoms with Gasteiger partial charge in [-0.25, -0.2) is 13.2 Å². The highest BCUT2D eigenvalue weighted by Gasteiger charge is 2.31. The number of aliphatic hydroxyl groups excluding tert-OH is 1. The fourth-order valence-corrected chi connectivity index (χ4v) is 4.89. The molecule has 2 rings (SSSR count). The average Bonchev–Trinajstić information content (AvgIpc) is 2.73. The minimum absolute atomic E-state index is 0.0197. The number of sulfonamides is 1. The summed E-state index contributed by atoms with van der Waals surface area (Å²) >= 11 is 0. The van der Waals surface area contributed by atoms with E-state index < -0.39 is 28.3 Å². The third-order valence-corrected chi connectivity index (χ3v) is 6.60. The summed E-state index contributed by atoms with van der Waals surface area (Å²) in [7, 11) is -3.97. The predicted molar refractivity (Wildman–Crippen MR) is 121 cm³/mol. The topological polar surface area (TPSA) is 140 Å². The van der Waals surface area contributed by atoms with Gasteiger partial charge in [0.15, 0.2) is 0 Å². The molecule has 32 heavy (non-hydrogen) atoms. The normalized spacial score (nSPS) is 14.0. The summed E-state index contributed by atoms with van der Waals surface area (Å²) in [5.74, 6) is -0.0298. The molecule has 0 heterocycles. The summed E-state index contributed by atoms with van der Waals surface area (Å²) < 4.78 is 27.7. The Morgan fingerprint density at radius 3 is 2.25 bits per heavy atom. The maximum Gasteiger partial charge on any atom is 0.404 e. The molecule has 0 aliphatic carbocycles. The van der Waals surface area contributed by atoms with Gasteiger partial charge >= 0.3 is 6.09 Å². The summed E-state index contributed by atoms with van der Waals surface area (Å²) in [6.45, 7) is 3.57. The second-order valence-electron chi connectivity index (χ2n) is 7.84. The van der Waals surface area contributed by atoms with Gasteiger partial charge in [0.2, 0.25) is 10.0 Å². The fraction of sp³-hybridized carbons (Fsp3) is 0.364. The number of nitrogens with one attached hydrogen (secondary N) is 1. The lowest BCUT2D eigenvalue weighted by Gasteiger charge is -2.30. The average molecular weight is 464 g/mol. The van der Waals surface area contributed by atoms with Crippen LogP contribution in [0, 0.1) is 5.92 Å². The molecule has 10 heteroatoms. The quantitative estimate of drug-likeness (QED) is 0.229. The molecule has 2 atom stereocenters. The van der Waals surface area contributed by atoms with Gasteiger partial charge in [0, 0.05) is 13.1 Å². The maximum atomic E-state index is 13.3. The van der Waals surface area contributed by atoms with Crippen LogP contribution in [0.3, 0.4) is 0 Å². The molecule has 0 aliphatic heterocycles. The molecule has 0 bridgehead atoms. The lowest BCUT2D eigenvalue weighted by atomic mass is 10.0. The molecule has 0 radical (unpaired) electrons. The first kappa shape index (κ1) is 25.3. The van der Waals surface area contributed by atoms with Crippen LogP contribution in [0.15, 0.2) is 64.6 Å². The van der Waals surface area contributed by atoms with Gasteiger partial charge < -0.3 is 20.7 Å². The highest BCUT2D eigenvalue weighted by molar-refractivity contribution is 7.89. The Labute approximate surface area is 188 Å². The number of oxime groups is 1. The van der Waals surface area contributed by atoms with E-state index in [2.05, 4.69) is 10.5 Å². The minimum Gasteiger partial charge on any atom is -0.465 e. The van der Waals surface area contributed by atoms with Crippen molar-refractivity contribution in [2.75, 3.05) is 13.1 Å². The van der Waals surface area contributed by atoms with Crippen LogP contribution in [-0.2, 0) is 16.4 Å². The zero-order valence-electron chi connectivity index (χ0n) is 18.0. The van der Waals surface area contributed by atoms with Gasteiger partial charge in [0.1, 0.15) is 0 Å². The van der Waals surface area contributed by atoms with Gasteiger partial charge in [-0.05, 0) is 35.6 Å². The van der Waals surface area contributed by atoms with Crippen molar-refractivity contribution in [3.8, 4) is 0 Å². The molecule has 9 nitrogen and oxygen atoms in total. The van der Waals surface area contributed by atoms with Crippen molar-refractivity contribution in [3.05, 3.63) is 65.7 Å². The van der Waals surface area contributed by atoms with Crippen LogP contribution < -0.4 is 5.32 Å². The largest absolute Gasteiger partial charge is 0.465 e. The van der Waals surface area contributed by atoms with Crippen molar-refractivity contribution in [2.45, 2.75) is 37.3 Å². The molecule has 0 fully saturated rings. The van der Waals surface area contributed by atoms with Crippen LogP contribution in [0.2, 0.25) is 0 Å². The molecule has 0 spiro atoms. The fourth-order valence-electron chi connectivity index (χ4n) is 3.27. The Kier molecular flexibility index (Phi) is 9.18. The Hall–Kier alpha value is -2.95. The lowest BCUT2D eigenvalue weighted by molar-refractivity contribution is 0.0980. The molecule has 2 unspecified atom stereocenters. The molecule has 0 saturated carbocycles. The summed E-state index contributed by atoms with van der Waals surface area (Å²) in [6, 6.07) is 13.9. The van der Waals surface area contributed by atoms with Crippen molar-refractivity contribution in [1.82, 2.24) is 9.62 Å². The predicted octanol–water partition coefficient (Wildman–Crippen LogP) is 2.38. The summed E-state index contributed by atoms with van der Waals surface area (Å²) in [6.07, 6.45) is -1.19. The molecule has 4 N–H and O–H groups in total. The number of amides is 1. The van der Waals surface area contributed by atoms with Gasteiger partial charge in [-0.1, -0.05) is 61.5 Å². The number of carboxylic acid groups (broad SMARTS) is 1. The van der Waals surface area contributed by atoms with E-state index in [1.807, 2.05) is 32.0 Å². The summed E-state index contributed by atoms with van der Waals surface area (Å²) in [5.41, 5.74) is 1.33. The van der Waals surface area contributed by atoms with Gasteiger partial charge in [-0.15, -0.1) is 0 Å². The molecule has 1 amide bonds. The van der Waals surface area contributed by atoms with Gasteiger partial charge in [-0.3, -0.25) is 0 Å². The standard InChI is InChI=1S/C22H29N3O6S/c1-16(2)14-25(32(30,31)19-10-8-18(9-11-19)13-23-29)15-21(26)20(24-22(27)28)12-17-6-4-3-5-7-17/h3-11,13,16,20-21,24,26,29H,12,14-15H2,1-2H3,(H,27,28). The van der Waals surface area contributed by atoms with E-state index in [0.29, 0.717) is 5.56 Å². The first-order chi connectivity index (χ1) is 15.1. The molecule has 0 aromatic heterocycles. The van der Waals surface area contributed by atoms with E-state index in [9.17, 15) is 23.4 Å². The lowest BCUT2D eigenvalue weighted by Crippen LogP contribution is -2.50. The SMILES string of the molecule is CC(C)CN(CC(O)C(Cc1ccccc1)NC(=O)O)S(=O)(=O)c1ccc(C=NO)cc1. The third-order valence-electron chi connectivity index (χ3n) is 4.76. The van der Waals surface area contributed by atoms with Crippen LogP contribution in [0.4, 0.5) is 4.79 Å². The minimum atomic E-state index is -3.97. The Morgan fingerprint density at radius 2 is 1.72 bits per heavy atom. The molecule has 174 valence electrons. The summed E-state index contributed by atoms with van der Waals surface area (Å²) in [4.78, 5) is 11.3. The number of hydrogen-bond donors (Lipinski definition) is 4. The Balaban J connectivity index is 2.28. The van der Waals surface area contributed by atoms with Crippen LogP contribution in [0.1, 0.15) is 25.0 Å². The van der Waals surface area contributed by atoms with Crippen molar-refractivity contribution >= 4 is 22.3 Å². The van der Waals surface area contributed by atoms with Crippen LogP contribution in [-0.4, -0.2) is 65.7 Å². The number of hydrogen-bond acceptors (Lipinski definition) is 6. The number of benzene rings is 2. The van der Waals surface area contributed by atoms with E-state index in [0.717, 1.165) is 5.56 Å². The first-order valence-electron chi connectivity index (χ1n) is 10.1. The molecule has 2 aromatic rings. The number of rotatable bonds is 11. The second kappa shape index (κ2) is 11.6. The summed E-state index contributed by atoms with van der Waals surface area (Å²) in [5, 5.41) is 33.9. The molecule has 0 aliphatic rings. The van der Waals surface area contributed by atoms with Crippen LogP contribution in [0.25, 0.3) is 0 Å². The smallest absolute Gasteiger partial charge is 0.404 e. The van der Waals surface area contributed by atoms with E-state index in [1.165, 1.54) is 34.8 Å². The van der Waals surface area contributed by atoms with Crippen molar-refractivity contribution in [3.63, 3.8) is 0 Å². The van der Waals surface area contributed by atoms with E-state index in [1.54, 1.807) is 12.1 Å². The zero-order valence-corrected chi connectivity index (χ0v) is 18.8. The maximum absolute atomic E-state index is 13.3. The van der Waals surface area contributed by atoms with Crippen LogP contribution >= 0.6 is 0 Å². The monoisotopic (exact) mass is 463 g/mol. The molecular weight excluding hydrogens is 434 g/mol. The second-order valence-corrected chi connectivity index (χ2v) is 9.78.